The maximum absolute atomic E-state index is 14.4. The van der Waals surface area contributed by atoms with Gasteiger partial charge in [-0.1, -0.05) is 17.7 Å². The van der Waals surface area contributed by atoms with E-state index in [4.69, 9.17) is 16.6 Å². The highest BCUT2D eigenvalue weighted by atomic mass is 35.5. The Morgan fingerprint density at radius 1 is 1.16 bits per heavy atom. The number of hydrogen-bond acceptors (Lipinski definition) is 9. The van der Waals surface area contributed by atoms with E-state index in [0.29, 0.717) is 41.2 Å². The van der Waals surface area contributed by atoms with Crippen LogP contribution in [0.2, 0.25) is 5.15 Å². The number of sulfonamides is 1. The number of aromatic nitrogens is 5. The van der Waals surface area contributed by atoms with Gasteiger partial charge in [-0.2, -0.15) is 5.10 Å². The van der Waals surface area contributed by atoms with Crippen molar-refractivity contribution in [2.75, 3.05) is 29.6 Å². The molecule has 1 aromatic carbocycles. The monoisotopic (exact) mass is 628 g/mol. The molecule has 4 atom stereocenters. The fraction of sp³-hybridized carbons (Fsp3) is 0.393. The van der Waals surface area contributed by atoms with Crippen LogP contribution in [0.5, 0.6) is 0 Å². The molecule has 226 valence electrons. The number of pyridine rings is 1. The molecular weight excluding hydrogens is 599 g/mol. The first-order valence-electron chi connectivity index (χ1n) is 13.6. The minimum Gasteiger partial charge on any atom is -0.377 e. The molecule has 2 aliphatic rings. The Bertz CT molecular complexity index is 1970. The van der Waals surface area contributed by atoms with Crippen LogP contribution in [0.4, 0.5) is 16.0 Å². The van der Waals surface area contributed by atoms with Crippen LogP contribution < -0.4 is 20.5 Å². The summed E-state index contributed by atoms with van der Waals surface area (Å²) >= 11 is 6.02. The van der Waals surface area contributed by atoms with Gasteiger partial charge in [-0.25, -0.2) is 27.5 Å². The van der Waals surface area contributed by atoms with Crippen molar-refractivity contribution in [2.24, 2.45) is 25.9 Å². The summed E-state index contributed by atoms with van der Waals surface area (Å²) in [4.78, 5) is 37.4. The number of hydrogen-bond donors (Lipinski definition) is 2. The minimum atomic E-state index is -3.84. The second-order valence-corrected chi connectivity index (χ2v) is 13.6. The van der Waals surface area contributed by atoms with Crippen LogP contribution in [0, 0.1) is 24.6 Å². The summed E-state index contributed by atoms with van der Waals surface area (Å²) in [6.45, 7) is 4.97. The molecule has 1 saturated carbocycles. The van der Waals surface area contributed by atoms with Crippen molar-refractivity contribution >= 4 is 50.1 Å². The first-order chi connectivity index (χ1) is 20.2. The van der Waals surface area contributed by atoms with Gasteiger partial charge in [0.25, 0.3) is 11.5 Å². The summed E-state index contributed by atoms with van der Waals surface area (Å²) < 4.78 is 42.7. The lowest BCUT2D eigenvalue weighted by molar-refractivity contribution is 0.0977. The third-order valence-corrected chi connectivity index (χ3v) is 8.89. The van der Waals surface area contributed by atoms with Gasteiger partial charge >= 0.3 is 0 Å². The zero-order valence-corrected chi connectivity index (χ0v) is 25.7. The summed E-state index contributed by atoms with van der Waals surface area (Å²) in [5, 5.41) is 8.00. The van der Waals surface area contributed by atoms with Crippen LogP contribution in [-0.4, -0.2) is 58.0 Å². The normalized spacial score (nSPS) is 20.3. The number of amides is 1. The van der Waals surface area contributed by atoms with E-state index in [9.17, 15) is 22.4 Å². The first kappa shape index (κ1) is 29.1. The molecule has 4 aromatic rings. The van der Waals surface area contributed by atoms with E-state index in [1.807, 2.05) is 24.6 Å². The van der Waals surface area contributed by atoms with E-state index < -0.39 is 22.0 Å². The third kappa shape index (κ3) is 5.33. The summed E-state index contributed by atoms with van der Waals surface area (Å²) in [6.07, 6.45) is 2.25. The van der Waals surface area contributed by atoms with Crippen LogP contribution in [0.3, 0.4) is 0 Å². The fourth-order valence-electron chi connectivity index (χ4n) is 6.20. The van der Waals surface area contributed by atoms with Crippen molar-refractivity contribution in [3.63, 3.8) is 0 Å². The predicted molar refractivity (Wildman–Crippen MR) is 160 cm³/mol. The third-order valence-electron chi connectivity index (χ3n) is 8.13. The molecule has 0 radical (unpaired) electrons. The SMILES string of the molecule is Cc1cc([C@@H](C)Nc2ccc(Cl)nc2C(=O)NS(C)(=O)=O)c2nc(N3C[C@@H]4C(c5nn(C)cc5F)[C@@H]4C3)n(C)c(=O)c2c1. The summed E-state index contributed by atoms with van der Waals surface area (Å²) in [5.41, 5.74) is 2.40. The number of rotatable bonds is 7. The molecule has 12 nitrogen and oxygen atoms in total. The van der Waals surface area contributed by atoms with Crippen molar-refractivity contribution in [1.29, 1.82) is 0 Å². The van der Waals surface area contributed by atoms with Gasteiger partial charge < -0.3 is 10.2 Å². The van der Waals surface area contributed by atoms with E-state index in [2.05, 4.69) is 20.3 Å². The Morgan fingerprint density at radius 3 is 2.49 bits per heavy atom. The molecule has 2 fully saturated rings. The Morgan fingerprint density at radius 2 is 1.86 bits per heavy atom. The maximum atomic E-state index is 14.4. The highest BCUT2D eigenvalue weighted by molar-refractivity contribution is 7.89. The molecule has 2 N–H and O–H groups in total. The van der Waals surface area contributed by atoms with E-state index in [1.165, 1.54) is 23.0 Å². The van der Waals surface area contributed by atoms with Gasteiger partial charge in [-0.3, -0.25) is 18.8 Å². The van der Waals surface area contributed by atoms with Crippen LogP contribution in [-0.2, 0) is 24.1 Å². The molecule has 43 heavy (non-hydrogen) atoms. The first-order valence-corrected chi connectivity index (χ1v) is 15.9. The average Bonchev–Trinajstić information content (AvgIpc) is 3.21. The molecule has 4 heterocycles. The van der Waals surface area contributed by atoms with Crippen molar-refractivity contribution in [2.45, 2.75) is 25.8 Å². The Balaban J connectivity index is 1.33. The van der Waals surface area contributed by atoms with Gasteiger partial charge in [0.1, 0.15) is 10.8 Å². The molecule has 3 aromatic heterocycles. The number of aryl methyl sites for hydroxylation is 2. The number of benzene rings is 1. The van der Waals surface area contributed by atoms with Crippen LogP contribution >= 0.6 is 11.6 Å². The molecule has 1 aliphatic heterocycles. The van der Waals surface area contributed by atoms with E-state index in [-0.39, 0.29) is 45.7 Å². The van der Waals surface area contributed by atoms with Crippen molar-refractivity contribution < 1.29 is 17.6 Å². The Kier molecular flexibility index (Phi) is 6.96. The van der Waals surface area contributed by atoms with Crippen molar-refractivity contribution in [3.05, 3.63) is 74.3 Å². The zero-order chi connectivity index (χ0) is 31.0. The number of nitrogens with zero attached hydrogens (tertiary/aromatic N) is 6. The van der Waals surface area contributed by atoms with Crippen molar-refractivity contribution in [1.82, 2.24) is 29.0 Å². The molecule has 0 spiro atoms. The van der Waals surface area contributed by atoms with Crippen LogP contribution in [0.25, 0.3) is 10.9 Å². The molecule has 1 amide bonds. The smallest absolute Gasteiger partial charge is 0.285 e. The topological polar surface area (TPSA) is 144 Å². The van der Waals surface area contributed by atoms with E-state index >= 15 is 0 Å². The second kappa shape index (κ2) is 10.3. The largest absolute Gasteiger partial charge is 0.377 e. The summed E-state index contributed by atoms with van der Waals surface area (Å²) in [6, 6.07) is 6.25. The maximum Gasteiger partial charge on any atom is 0.285 e. The highest BCUT2D eigenvalue weighted by Crippen LogP contribution is 2.58. The summed E-state index contributed by atoms with van der Waals surface area (Å²) in [7, 11) is -0.446. The van der Waals surface area contributed by atoms with Gasteiger partial charge in [-0.15, -0.1) is 0 Å². The van der Waals surface area contributed by atoms with Crippen LogP contribution in [0.1, 0.15) is 46.2 Å². The van der Waals surface area contributed by atoms with E-state index in [0.717, 1.165) is 11.8 Å². The van der Waals surface area contributed by atoms with Gasteiger partial charge in [0.15, 0.2) is 11.5 Å². The number of halogens is 2. The minimum absolute atomic E-state index is 0.0179. The highest BCUT2D eigenvalue weighted by Gasteiger charge is 2.58. The number of nitrogens with one attached hydrogen (secondary N) is 2. The molecule has 6 rings (SSSR count). The number of carbonyl (C=O) groups excluding carboxylic acids is 1. The lowest BCUT2D eigenvalue weighted by atomic mass is 10.0. The van der Waals surface area contributed by atoms with Gasteiger partial charge in [0, 0.05) is 38.7 Å². The Labute approximate surface area is 251 Å². The molecule has 0 bridgehead atoms. The second-order valence-electron chi connectivity index (χ2n) is 11.4. The van der Waals surface area contributed by atoms with Gasteiger partial charge in [-0.05, 0) is 49.4 Å². The number of piperidine rings is 1. The number of fused-ring (bicyclic) bond motifs is 2. The molecule has 1 unspecified atom stereocenters. The lowest BCUT2D eigenvalue weighted by Crippen LogP contribution is -2.32. The van der Waals surface area contributed by atoms with Crippen LogP contribution in [0.15, 0.2) is 35.3 Å². The number of carbonyl (C=O) groups is 1. The van der Waals surface area contributed by atoms with Gasteiger partial charge in [0.2, 0.25) is 16.0 Å². The quantitative estimate of drug-likeness (QED) is 0.295. The van der Waals surface area contributed by atoms with Gasteiger partial charge in [0.05, 0.1) is 35.1 Å². The fourth-order valence-corrected chi connectivity index (χ4v) is 6.79. The van der Waals surface area contributed by atoms with E-state index in [1.54, 1.807) is 24.7 Å². The molecular formula is C28H30ClFN8O4S. The average molecular weight is 629 g/mol. The molecule has 1 aliphatic carbocycles. The predicted octanol–water partition coefficient (Wildman–Crippen LogP) is 2.88. The Hall–Kier alpha value is -4.04. The molecule has 1 saturated heterocycles. The molecule has 15 heteroatoms. The zero-order valence-electron chi connectivity index (χ0n) is 24.1. The standard InChI is InChI=1S/C28H30ClFN8O4S/c1-13-8-15(14(2)31-20-6-7-21(29)32-25(20)26(39)35-43(5,41)42)23-16(9-13)27(40)37(4)28(33-23)38-10-17-18(11-38)22(17)24-19(30)12-36(3)34-24/h6-9,12,14,17-18,22,31H,10-11H2,1-5H3,(H,35,39)/t14-,17-,18+,22?/m1/s1. The summed E-state index contributed by atoms with van der Waals surface area (Å²) in [5.74, 6) is -0.199. The lowest BCUT2D eigenvalue weighted by Gasteiger charge is -2.25. The van der Waals surface area contributed by atoms with Crippen molar-refractivity contribution in [3.8, 4) is 0 Å². The number of anilines is 2.